The van der Waals surface area contributed by atoms with E-state index in [0.29, 0.717) is 5.54 Å². The molecule has 1 heterocycles. The summed E-state index contributed by atoms with van der Waals surface area (Å²) >= 11 is 0. The minimum absolute atomic E-state index is 0.299. The molecule has 0 aromatic carbocycles. The third-order valence-electron chi connectivity index (χ3n) is 5.03. The Morgan fingerprint density at radius 3 is 2.44 bits per heavy atom. The van der Waals surface area contributed by atoms with Crippen LogP contribution in [0.25, 0.3) is 0 Å². The number of rotatable bonds is 3. The molecule has 1 N–H and O–H groups in total. The largest absolute Gasteiger partial charge is 0.309 e. The molecule has 0 spiro atoms. The van der Waals surface area contributed by atoms with E-state index in [1.165, 1.54) is 51.7 Å². The van der Waals surface area contributed by atoms with E-state index in [2.05, 4.69) is 37.9 Å². The van der Waals surface area contributed by atoms with Crippen molar-refractivity contribution in [2.24, 2.45) is 11.8 Å². The predicted molar refractivity (Wildman–Crippen MR) is 78.9 cm³/mol. The van der Waals surface area contributed by atoms with Crippen LogP contribution in [0.4, 0.5) is 0 Å². The van der Waals surface area contributed by atoms with Gasteiger partial charge < -0.3 is 5.32 Å². The van der Waals surface area contributed by atoms with Gasteiger partial charge in [0.1, 0.15) is 0 Å². The van der Waals surface area contributed by atoms with Gasteiger partial charge >= 0.3 is 0 Å². The highest BCUT2D eigenvalue weighted by molar-refractivity contribution is 4.92. The standard InChI is InChI=1S/C16H32N2/c1-5-15-10-17-16(3,4)12-18(15)11-14-8-6-13(2)7-9-14/h13-15,17H,5-12H2,1-4H3. The smallest absolute Gasteiger partial charge is 0.0252 e. The van der Waals surface area contributed by atoms with E-state index in [1.54, 1.807) is 0 Å². The lowest BCUT2D eigenvalue weighted by Crippen LogP contribution is -2.62. The molecule has 2 heteroatoms. The highest BCUT2D eigenvalue weighted by Gasteiger charge is 2.33. The Hall–Kier alpha value is -0.0800. The lowest BCUT2D eigenvalue weighted by molar-refractivity contribution is 0.0667. The molecular formula is C16H32N2. The van der Waals surface area contributed by atoms with Crippen LogP contribution in [-0.4, -0.2) is 36.1 Å². The lowest BCUT2D eigenvalue weighted by atomic mass is 9.82. The average Bonchev–Trinajstić information content (AvgIpc) is 2.31. The van der Waals surface area contributed by atoms with Crippen molar-refractivity contribution in [1.29, 1.82) is 0 Å². The number of nitrogens with zero attached hydrogens (tertiary/aromatic N) is 1. The normalized spacial score (nSPS) is 37.7. The average molecular weight is 252 g/mol. The van der Waals surface area contributed by atoms with Crippen molar-refractivity contribution >= 4 is 0 Å². The Morgan fingerprint density at radius 2 is 1.83 bits per heavy atom. The second kappa shape index (κ2) is 5.92. The van der Waals surface area contributed by atoms with Crippen molar-refractivity contribution in [3.63, 3.8) is 0 Å². The molecule has 1 atom stereocenters. The second-order valence-corrected chi connectivity index (χ2v) is 7.38. The topological polar surface area (TPSA) is 15.3 Å². The first-order valence-electron chi connectivity index (χ1n) is 7.99. The van der Waals surface area contributed by atoms with Gasteiger partial charge in [-0.05, 0) is 44.9 Å². The maximum absolute atomic E-state index is 3.69. The van der Waals surface area contributed by atoms with E-state index in [0.717, 1.165) is 17.9 Å². The second-order valence-electron chi connectivity index (χ2n) is 7.38. The molecule has 1 saturated heterocycles. The monoisotopic (exact) mass is 252 g/mol. The first-order chi connectivity index (χ1) is 8.50. The van der Waals surface area contributed by atoms with Crippen LogP contribution in [0.15, 0.2) is 0 Å². The highest BCUT2D eigenvalue weighted by Crippen LogP contribution is 2.30. The van der Waals surface area contributed by atoms with Gasteiger partial charge in [0.15, 0.2) is 0 Å². The van der Waals surface area contributed by atoms with Crippen LogP contribution in [0, 0.1) is 11.8 Å². The summed E-state index contributed by atoms with van der Waals surface area (Å²) in [6.45, 7) is 13.2. The Labute approximate surface area is 114 Å². The molecule has 0 aromatic rings. The summed E-state index contributed by atoms with van der Waals surface area (Å²) in [6, 6.07) is 0.761. The lowest BCUT2D eigenvalue weighted by Gasteiger charge is -2.46. The first kappa shape index (κ1) is 14.3. The summed E-state index contributed by atoms with van der Waals surface area (Å²) in [7, 11) is 0. The van der Waals surface area contributed by atoms with Gasteiger partial charge in [-0.1, -0.05) is 26.7 Å². The molecule has 2 rings (SSSR count). The van der Waals surface area contributed by atoms with Crippen LogP contribution in [0.1, 0.15) is 59.8 Å². The molecule has 2 fully saturated rings. The fourth-order valence-corrected chi connectivity index (χ4v) is 3.68. The fourth-order valence-electron chi connectivity index (χ4n) is 3.68. The number of piperazine rings is 1. The molecule has 1 aliphatic carbocycles. The van der Waals surface area contributed by atoms with Crippen LogP contribution < -0.4 is 5.32 Å². The molecule has 0 amide bonds. The van der Waals surface area contributed by atoms with Gasteiger partial charge in [0, 0.05) is 31.2 Å². The van der Waals surface area contributed by atoms with Gasteiger partial charge in [0.25, 0.3) is 0 Å². The molecule has 0 bridgehead atoms. The van der Waals surface area contributed by atoms with Crippen molar-refractivity contribution < 1.29 is 0 Å². The third kappa shape index (κ3) is 3.71. The van der Waals surface area contributed by atoms with Gasteiger partial charge in [-0.2, -0.15) is 0 Å². The number of hydrogen-bond acceptors (Lipinski definition) is 2. The van der Waals surface area contributed by atoms with Crippen LogP contribution in [0.3, 0.4) is 0 Å². The number of hydrogen-bond donors (Lipinski definition) is 1. The summed E-state index contributed by atoms with van der Waals surface area (Å²) in [5.41, 5.74) is 0.299. The van der Waals surface area contributed by atoms with Crippen molar-refractivity contribution in [2.75, 3.05) is 19.6 Å². The van der Waals surface area contributed by atoms with E-state index in [9.17, 15) is 0 Å². The van der Waals surface area contributed by atoms with E-state index < -0.39 is 0 Å². The van der Waals surface area contributed by atoms with Crippen LogP contribution in [0.2, 0.25) is 0 Å². The van der Waals surface area contributed by atoms with Gasteiger partial charge in [0.2, 0.25) is 0 Å². The molecular weight excluding hydrogens is 220 g/mol. The van der Waals surface area contributed by atoms with E-state index in [4.69, 9.17) is 0 Å². The zero-order chi connectivity index (χ0) is 13.2. The zero-order valence-corrected chi connectivity index (χ0v) is 12.8. The summed E-state index contributed by atoms with van der Waals surface area (Å²) in [6.07, 6.45) is 7.12. The van der Waals surface area contributed by atoms with Crippen LogP contribution in [0.5, 0.6) is 0 Å². The summed E-state index contributed by atoms with van der Waals surface area (Å²) < 4.78 is 0. The third-order valence-corrected chi connectivity index (χ3v) is 5.03. The van der Waals surface area contributed by atoms with E-state index in [-0.39, 0.29) is 0 Å². The Kier molecular flexibility index (Phi) is 4.71. The molecule has 106 valence electrons. The quantitative estimate of drug-likeness (QED) is 0.829. The van der Waals surface area contributed by atoms with Gasteiger partial charge in [0.05, 0.1) is 0 Å². The summed E-state index contributed by atoms with van der Waals surface area (Å²) in [4.78, 5) is 2.77. The maximum atomic E-state index is 3.69. The summed E-state index contributed by atoms with van der Waals surface area (Å²) in [5, 5.41) is 3.69. The Balaban J connectivity index is 1.88. The Morgan fingerprint density at radius 1 is 1.17 bits per heavy atom. The van der Waals surface area contributed by atoms with Crippen LogP contribution >= 0.6 is 0 Å². The molecule has 2 nitrogen and oxygen atoms in total. The van der Waals surface area contributed by atoms with Crippen molar-refractivity contribution in [3.8, 4) is 0 Å². The zero-order valence-electron chi connectivity index (χ0n) is 12.8. The van der Waals surface area contributed by atoms with Crippen molar-refractivity contribution in [1.82, 2.24) is 10.2 Å². The molecule has 0 radical (unpaired) electrons. The van der Waals surface area contributed by atoms with Crippen LogP contribution in [-0.2, 0) is 0 Å². The SMILES string of the molecule is CCC1CNC(C)(C)CN1CC1CCC(C)CC1. The van der Waals surface area contributed by atoms with Gasteiger partial charge in [-0.25, -0.2) is 0 Å². The molecule has 1 aliphatic heterocycles. The van der Waals surface area contributed by atoms with Gasteiger partial charge in [-0.3, -0.25) is 4.90 Å². The summed E-state index contributed by atoms with van der Waals surface area (Å²) in [5.74, 6) is 1.94. The molecule has 2 aliphatic rings. The van der Waals surface area contributed by atoms with Gasteiger partial charge in [-0.15, -0.1) is 0 Å². The highest BCUT2D eigenvalue weighted by atomic mass is 15.2. The predicted octanol–water partition coefficient (Wildman–Crippen LogP) is 3.28. The first-order valence-corrected chi connectivity index (χ1v) is 7.99. The number of nitrogens with one attached hydrogen (secondary N) is 1. The molecule has 1 unspecified atom stereocenters. The Bertz CT molecular complexity index is 254. The van der Waals surface area contributed by atoms with Crippen molar-refractivity contribution in [2.45, 2.75) is 71.4 Å². The molecule has 1 saturated carbocycles. The van der Waals surface area contributed by atoms with E-state index >= 15 is 0 Å². The molecule has 0 aromatic heterocycles. The minimum atomic E-state index is 0.299. The maximum Gasteiger partial charge on any atom is 0.0252 e. The fraction of sp³-hybridized carbons (Fsp3) is 1.00. The van der Waals surface area contributed by atoms with Crippen molar-refractivity contribution in [3.05, 3.63) is 0 Å². The molecule has 18 heavy (non-hydrogen) atoms. The minimum Gasteiger partial charge on any atom is -0.309 e. The van der Waals surface area contributed by atoms with E-state index in [1.807, 2.05) is 0 Å².